The minimum absolute atomic E-state index is 0.419. The van der Waals surface area contributed by atoms with E-state index in [4.69, 9.17) is 0 Å². The van der Waals surface area contributed by atoms with Gasteiger partial charge in [-0.15, -0.1) is 0 Å². The Labute approximate surface area is 129 Å². The van der Waals surface area contributed by atoms with Gasteiger partial charge in [0.25, 0.3) is 0 Å². The second kappa shape index (κ2) is 7.60. The molecule has 0 radical (unpaired) electrons. The number of rotatable bonds is 7. The largest absolute Gasteiger partial charge is 0.335 e. The molecule has 108 valence electrons. The van der Waals surface area contributed by atoms with Crippen molar-refractivity contribution >= 4 is 15.9 Å². The molecular formula is C16H22BrN3. The van der Waals surface area contributed by atoms with Crippen molar-refractivity contribution in [3.8, 4) is 0 Å². The number of aromatic nitrogens is 2. The summed E-state index contributed by atoms with van der Waals surface area (Å²) in [5, 5.41) is 3.57. The summed E-state index contributed by atoms with van der Waals surface area (Å²) in [7, 11) is 0. The van der Waals surface area contributed by atoms with Gasteiger partial charge in [-0.1, -0.05) is 35.0 Å². The molecule has 0 fully saturated rings. The van der Waals surface area contributed by atoms with Crippen molar-refractivity contribution in [1.82, 2.24) is 14.9 Å². The van der Waals surface area contributed by atoms with E-state index in [1.807, 2.05) is 6.20 Å². The number of halogens is 1. The normalized spacial score (nSPS) is 12.6. The van der Waals surface area contributed by atoms with Crippen molar-refractivity contribution < 1.29 is 0 Å². The quantitative estimate of drug-likeness (QED) is 0.840. The minimum atomic E-state index is 0.419. The molecule has 1 aromatic heterocycles. The molecule has 0 aliphatic heterocycles. The fourth-order valence-electron chi connectivity index (χ4n) is 2.49. The molecule has 1 aromatic carbocycles. The van der Waals surface area contributed by atoms with E-state index < -0.39 is 0 Å². The number of aryl methyl sites for hydroxylation is 1. The van der Waals surface area contributed by atoms with E-state index >= 15 is 0 Å². The summed E-state index contributed by atoms with van der Waals surface area (Å²) in [6.07, 6.45) is 5.92. The third-order valence-electron chi connectivity index (χ3n) is 3.44. The summed E-state index contributed by atoms with van der Waals surface area (Å²) in [5.74, 6) is 1.16. The Morgan fingerprint density at radius 2 is 2.15 bits per heavy atom. The van der Waals surface area contributed by atoms with Gasteiger partial charge < -0.3 is 9.88 Å². The van der Waals surface area contributed by atoms with Crippen molar-refractivity contribution in [3.63, 3.8) is 0 Å². The number of benzene rings is 1. The molecule has 0 spiro atoms. The molecule has 20 heavy (non-hydrogen) atoms. The molecule has 4 heteroatoms. The molecule has 2 aromatic rings. The van der Waals surface area contributed by atoms with E-state index in [0.717, 1.165) is 36.2 Å². The average molecular weight is 336 g/mol. The van der Waals surface area contributed by atoms with E-state index in [9.17, 15) is 0 Å². The molecule has 1 heterocycles. The Morgan fingerprint density at radius 1 is 1.30 bits per heavy atom. The Morgan fingerprint density at radius 3 is 2.85 bits per heavy atom. The smallest absolute Gasteiger partial charge is 0.110 e. The van der Waals surface area contributed by atoms with Crippen LogP contribution in [0.4, 0.5) is 0 Å². The summed E-state index contributed by atoms with van der Waals surface area (Å²) in [6.45, 7) is 6.26. The maximum absolute atomic E-state index is 4.48. The molecule has 1 N–H and O–H groups in total. The number of hydrogen-bond acceptors (Lipinski definition) is 2. The molecule has 0 amide bonds. The number of likely N-dealkylation sites (N-methyl/N-ethyl adjacent to an activating group) is 1. The lowest BCUT2D eigenvalue weighted by atomic mass is 10.0. The van der Waals surface area contributed by atoms with Gasteiger partial charge in [0.15, 0.2) is 0 Å². The highest BCUT2D eigenvalue weighted by molar-refractivity contribution is 9.10. The highest BCUT2D eigenvalue weighted by atomic mass is 79.9. The maximum atomic E-state index is 4.48. The SMILES string of the molecule is CCNC(Cc1cccc(Br)c1)Cc1nccn1CC. The molecule has 1 unspecified atom stereocenters. The standard InChI is InChI=1S/C16H22BrN3/c1-3-18-15(11-13-6-5-7-14(17)10-13)12-16-19-8-9-20(16)4-2/h5-10,15,18H,3-4,11-12H2,1-2H3. The molecule has 0 aliphatic rings. The van der Waals surface area contributed by atoms with Gasteiger partial charge in [0, 0.05) is 35.9 Å². The second-order valence-electron chi connectivity index (χ2n) is 4.92. The highest BCUT2D eigenvalue weighted by Crippen LogP contribution is 2.14. The Bertz CT molecular complexity index is 536. The van der Waals surface area contributed by atoms with Crippen molar-refractivity contribution in [2.75, 3.05) is 6.54 Å². The molecule has 3 nitrogen and oxygen atoms in total. The highest BCUT2D eigenvalue weighted by Gasteiger charge is 2.13. The van der Waals surface area contributed by atoms with Gasteiger partial charge in [-0.2, -0.15) is 0 Å². The van der Waals surface area contributed by atoms with Gasteiger partial charge in [0.1, 0.15) is 5.82 Å². The van der Waals surface area contributed by atoms with E-state index in [2.05, 4.69) is 75.1 Å². The Hall–Kier alpha value is -1.13. The Balaban J connectivity index is 2.07. The lowest BCUT2D eigenvalue weighted by molar-refractivity contribution is 0.499. The number of imidazole rings is 1. The zero-order valence-electron chi connectivity index (χ0n) is 12.1. The summed E-state index contributed by atoms with van der Waals surface area (Å²) in [6, 6.07) is 8.95. The molecule has 0 aliphatic carbocycles. The average Bonchev–Trinajstić information content (AvgIpc) is 2.86. The van der Waals surface area contributed by atoms with Crippen molar-refractivity contribution in [2.45, 2.75) is 39.3 Å². The molecule has 0 bridgehead atoms. The van der Waals surface area contributed by atoms with Gasteiger partial charge in [-0.25, -0.2) is 4.98 Å². The summed E-state index contributed by atoms with van der Waals surface area (Å²) in [4.78, 5) is 4.48. The van der Waals surface area contributed by atoms with Crippen LogP contribution in [0.25, 0.3) is 0 Å². The van der Waals surface area contributed by atoms with Gasteiger partial charge in [-0.3, -0.25) is 0 Å². The molecule has 2 rings (SSSR count). The zero-order chi connectivity index (χ0) is 14.4. The first kappa shape index (κ1) is 15.3. The predicted octanol–water partition coefficient (Wildman–Crippen LogP) is 3.43. The topological polar surface area (TPSA) is 29.9 Å². The number of nitrogens with one attached hydrogen (secondary N) is 1. The van der Waals surface area contributed by atoms with Crippen LogP contribution in [0.1, 0.15) is 25.2 Å². The van der Waals surface area contributed by atoms with Crippen LogP contribution >= 0.6 is 15.9 Å². The summed E-state index contributed by atoms with van der Waals surface area (Å²) < 4.78 is 3.35. The van der Waals surface area contributed by atoms with Gasteiger partial charge in [0.05, 0.1) is 0 Å². The second-order valence-corrected chi connectivity index (χ2v) is 5.84. The van der Waals surface area contributed by atoms with Crippen LogP contribution < -0.4 is 5.32 Å². The van der Waals surface area contributed by atoms with Gasteiger partial charge in [-0.05, 0) is 37.6 Å². The van der Waals surface area contributed by atoms with Crippen LogP contribution in [-0.4, -0.2) is 22.1 Å². The van der Waals surface area contributed by atoms with E-state index in [-0.39, 0.29) is 0 Å². The fraction of sp³-hybridized carbons (Fsp3) is 0.438. The molecule has 0 saturated heterocycles. The lowest BCUT2D eigenvalue weighted by Crippen LogP contribution is -2.34. The van der Waals surface area contributed by atoms with E-state index in [0.29, 0.717) is 6.04 Å². The molecular weight excluding hydrogens is 314 g/mol. The van der Waals surface area contributed by atoms with Crippen LogP contribution in [0, 0.1) is 0 Å². The van der Waals surface area contributed by atoms with E-state index in [1.54, 1.807) is 0 Å². The monoisotopic (exact) mass is 335 g/mol. The van der Waals surface area contributed by atoms with E-state index in [1.165, 1.54) is 5.56 Å². The molecule has 0 saturated carbocycles. The van der Waals surface area contributed by atoms with Crippen molar-refractivity contribution in [1.29, 1.82) is 0 Å². The summed E-state index contributed by atoms with van der Waals surface area (Å²) in [5.41, 5.74) is 1.35. The first-order chi connectivity index (χ1) is 9.72. The molecule has 1 atom stereocenters. The third-order valence-corrected chi connectivity index (χ3v) is 3.93. The summed E-state index contributed by atoms with van der Waals surface area (Å²) >= 11 is 3.54. The Kier molecular flexibility index (Phi) is 5.80. The predicted molar refractivity (Wildman–Crippen MR) is 86.9 cm³/mol. The zero-order valence-corrected chi connectivity index (χ0v) is 13.7. The minimum Gasteiger partial charge on any atom is -0.335 e. The van der Waals surface area contributed by atoms with Crippen LogP contribution in [0.5, 0.6) is 0 Å². The van der Waals surface area contributed by atoms with Gasteiger partial charge >= 0.3 is 0 Å². The van der Waals surface area contributed by atoms with Crippen LogP contribution in [0.15, 0.2) is 41.1 Å². The first-order valence-electron chi connectivity index (χ1n) is 7.20. The number of hydrogen-bond donors (Lipinski definition) is 1. The third kappa shape index (κ3) is 4.18. The first-order valence-corrected chi connectivity index (χ1v) is 8.00. The van der Waals surface area contributed by atoms with Crippen molar-refractivity contribution in [2.24, 2.45) is 0 Å². The van der Waals surface area contributed by atoms with Crippen molar-refractivity contribution in [3.05, 3.63) is 52.5 Å². The fourth-order valence-corrected chi connectivity index (χ4v) is 2.94. The maximum Gasteiger partial charge on any atom is 0.110 e. The van der Waals surface area contributed by atoms with Crippen LogP contribution in [0.2, 0.25) is 0 Å². The van der Waals surface area contributed by atoms with Crippen LogP contribution in [0.3, 0.4) is 0 Å². The number of nitrogens with zero attached hydrogens (tertiary/aromatic N) is 2. The lowest BCUT2D eigenvalue weighted by Gasteiger charge is -2.18. The van der Waals surface area contributed by atoms with Crippen LogP contribution in [-0.2, 0) is 19.4 Å². The van der Waals surface area contributed by atoms with Gasteiger partial charge in [0.2, 0.25) is 0 Å².